The molecule has 0 aliphatic rings. The van der Waals surface area contributed by atoms with Gasteiger partial charge in [-0.3, -0.25) is 4.79 Å². The van der Waals surface area contributed by atoms with Gasteiger partial charge in [-0.25, -0.2) is 10.2 Å². The summed E-state index contributed by atoms with van der Waals surface area (Å²) in [4.78, 5) is 24.5. The molecule has 0 spiro atoms. The molecule has 188 valence electrons. The third-order valence-electron chi connectivity index (χ3n) is 5.04. The molecule has 0 saturated heterocycles. The number of halogens is 1. The van der Waals surface area contributed by atoms with Gasteiger partial charge in [-0.15, -0.1) is 0 Å². The molecule has 8 nitrogen and oxygen atoms in total. The van der Waals surface area contributed by atoms with Crippen LogP contribution < -0.4 is 20.2 Å². The second-order valence-corrected chi connectivity index (χ2v) is 8.49. The third kappa shape index (κ3) is 8.13. The lowest BCUT2D eigenvalue weighted by Gasteiger charge is -2.18. The molecule has 0 heterocycles. The Morgan fingerprint density at radius 1 is 1.06 bits per heavy atom. The van der Waals surface area contributed by atoms with Crippen LogP contribution in [-0.4, -0.2) is 31.9 Å². The Bertz CT molecular complexity index is 1170. The Morgan fingerprint density at radius 2 is 1.75 bits per heavy atom. The van der Waals surface area contributed by atoms with Crippen LogP contribution in [0.25, 0.3) is 0 Å². The Morgan fingerprint density at radius 3 is 2.42 bits per heavy atom. The lowest BCUT2D eigenvalue weighted by atomic mass is 10.0. The molecule has 0 aromatic heterocycles. The number of hydrogen-bond donors (Lipinski definition) is 2. The van der Waals surface area contributed by atoms with Gasteiger partial charge in [-0.2, -0.15) is 5.10 Å². The maximum absolute atomic E-state index is 12.5. The van der Waals surface area contributed by atoms with Crippen molar-refractivity contribution >= 4 is 34.1 Å². The van der Waals surface area contributed by atoms with Gasteiger partial charge in [-0.05, 0) is 51.7 Å². The van der Waals surface area contributed by atoms with Crippen LogP contribution in [-0.2, 0) is 16.1 Å². The van der Waals surface area contributed by atoms with E-state index >= 15 is 0 Å². The van der Waals surface area contributed by atoms with E-state index in [1.165, 1.54) is 6.21 Å². The monoisotopic (exact) mass is 553 g/mol. The van der Waals surface area contributed by atoms with E-state index in [0.717, 1.165) is 11.1 Å². The number of carbonyl (C=O) groups excluding carboxylic acids is 2. The molecule has 2 amide bonds. The van der Waals surface area contributed by atoms with Crippen molar-refractivity contribution in [3.63, 3.8) is 0 Å². The predicted molar refractivity (Wildman–Crippen MR) is 141 cm³/mol. The molecule has 0 aliphatic heterocycles. The van der Waals surface area contributed by atoms with Crippen LogP contribution in [0.5, 0.6) is 11.5 Å². The molecular weight excluding hydrogens is 526 g/mol. The zero-order valence-corrected chi connectivity index (χ0v) is 21.7. The van der Waals surface area contributed by atoms with E-state index in [9.17, 15) is 9.59 Å². The van der Waals surface area contributed by atoms with E-state index in [4.69, 9.17) is 14.2 Å². The first-order valence-corrected chi connectivity index (χ1v) is 12.1. The van der Waals surface area contributed by atoms with Crippen molar-refractivity contribution in [2.24, 2.45) is 5.10 Å². The number of ether oxygens (including phenoxy) is 3. The zero-order chi connectivity index (χ0) is 25.8. The van der Waals surface area contributed by atoms with Crippen LogP contribution >= 0.6 is 15.9 Å². The van der Waals surface area contributed by atoms with Crippen LogP contribution in [0, 0.1) is 0 Å². The fourth-order valence-corrected chi connectivity index (χ4v) is 3.92. The van der Waals surface area contributed by atoms with Crippen molar-refractivity contribution in [3.8, 4) is 11.5 Å². The van der Waals surface area contributed by atoms with Crippen molar-refractivity contribution in [2.45, 2.75) is 26.0 Å². The molecule has 2 N–H and O–H groups in total. The number of nitrogens with zero attached hydrogens (tertiary/aromatic N) is 1. The van der Waals surface area contributed by atoms with Gasteiger partial charge in [-0.1, -0.05) is 60.7 Å². The molecule has 3 aromatic carbocycles. The van der Waals surface area contributed by atoms with Gasteiger partial charge in [0.2, 0.25) is 5.91 Å². The third-order valence-corrected chi connectivity index (χ3v) is 5.63. The molecule has 3 aromatic rings. The number of hydrogen-bond acceptors (Lipinski definition) is 6. The number of alkyl carbamates (subject to hydrolysis) is 1. The number of carbonyl (C=O) groups is 2. The number of hydrazone groups is 1. The Hall–Kier alpha value is -3.85. The number of amides is 2. The van der Waals surface area contributed by atoms with E-state index in [1.807, 2.05) is 66.7 Å². The molecule has 0 radical (unpaired) electrons. The van der Waals surface area contributed by atoms with Crippen molar-refractivity contribution in [1.29, 1.82) is 0 Å². The smallest absolute Gasteiger partial charge is 0.407 e. The highest BCUT2D eigenvalue weighted by molar-refractivity contribution is 9.10. The van der Waals surface area contributed by atoms with E-state index < -0.39 is 12.1 Å². The average molecular weight is 554 g/mol. The summed E-state index contributed by atoms with van der Waals surface area (Å²) >= 11 is 3.52. The minimum atomic E-state index is -0.589. The molecule has 1 atom stereocenters. The highest BCUT2D eigenvalue weighted by Gasteiger charge is 2.19. The molecule has 0 bridgehead atoms. The van der Waals surface area contributed by atoms with Gasteiger partial charge in [0.1, 0.15) is 6.61 Å². The lowest BCUT2D eigenvalue weighted by molar-refractivity contribution is -0.121. The summed E-state index contributed by atoms with van der Waals surface area (Å²) in [6.45, 7) is 2.34. The molecule has 0 unspecified atom stereocenters. The van der Waals surface area contributed by atoms with Gasteiger partial charge in [0, 0.05) is 0 Å². The first kappa shape index (κ1) is 26.7. The first-order chi connectivity index (χ1) is 17.5. The Balaban J connectivity index is 1.63. The summed E-state index contributed by atoms with van der Waals surface area (Å²) in [6, 6.07) is 22.0. The lowest BCUT2D eigenvalue weighted by Crippen LogP contribution is -2.33. The summed E-state index contributed by atoms with van der Waals surface area (Å²) in [7, 11) is 1.56. The molecule has 9 heteroatoms. The predicted octanol–water partition coefficient (Wildman–Crippen LogP) is 5.36. The zero-order valence-electron chi connectivity index (χ0n) is 20.1. The maximum Gasteiger partial charge on any atom is 0.407 e. The van der Waals surface area contributed by atoms with Crippen molar-refractivity contribution < 1.29 is 23.8 Å². The summed E-state index contributed by atoms with van der Waals surface area (Å²) in [5.74, 6) is 0.722. The highest BCUT2D eigenvalue weighted by atomic mass is 79.9. The number of benzene rings is 3. The SMILES string of the molecule is CCOC(=O)N[C@@H](CC(=O)N/N=C\c1cc(Br)c(OCc2ccccc2)c(OC)c1)c1ccccc1. The van der Waals surface area contributed by atoms with Crippen LogP contribution in [0.1, 0.15) is 36.1 Å². The minimum Gasteiger partial charge on any atom is -0.493 e. The standard InChI is InChI=1S/C27H28BrN3O5/c1-3-35-27(33)30-23(21-12-8-5-9-13-21)16-25(32)31-29-17-20-14-22(28)26(24(15-20)34-2)36-18-19-10-6-4-7-11-19/h4-15,17,23H,3,16,18H2,1-2H3,(H,30,33)(H,31,32)/b29-17-/t23-/m0/s1. The second-order valence-electron chi connectivity index (χ2n) is 7.63. The molecular formula is C27H28BrN3O5. The normalized spacial score (nSPS) is 11.5. The quantitative estimate of drug-likeness (QED) is 0.246. The minimum absolute atomic E-state index is 0.0144. The van der Waals surface area contributed by atoms with Crippen LogP contribution in [0.4, 0.5) is 4.79 Å². The number of rotatable bonds is 11. The van der Waals surface area contributed by atoms with Gasteiger partial charge >= 0.3 is 6.09 Å². The van der Waals surface area contributed by atoms with E-state index in [1.54, 1.807) is 20.1 Å². The van der Waals surface area contributed by atoms with Crippen molar-refractivity contribution in [3.05, 3.63) is 94.0 Å². The Labute approximate surface area is 218 Å². The fourth-order valence-electron chi connectivity index (χ4n) is 3.35. The highest BCUT2D eigenvalue weighted by Crippen LogP contribution is 2.36. The van der Waals surface area contributed by atoms with Crippen LogP contribution in [0.15, 0.2) is 82.4 Å². The summed E-state index contributed by atoms with van der Waals surface area (Å²) in [5.41, 5.74) is 5.01. The molecule has 36 heavy (non-hydrogen) atoms. The second kappa shape index (κ2) is 13.9. The summed E-state index contributed by atoms with van der Waals surface area (Å²) in [5, 5.41) is 6.77. The Kier molecular flexibility index (Phi) is 10.3. The topological polar surface area (TPSA) is 98.2 Å². The van der Waals surface area contributed by atoms with Gasteiger partial charge in [0.15, 0.2) is 11.5 Å². The first-order valence-electron chi connectivity index (χ1n) is 11.3. The van der Waals surface area contributed by atoms with E-state index in [0.29, 0.717) is 28.1 Å². The molecule has 0 aliphatic carbocycles. The fraction of sp³-hybridized carbons (Fsp3) is 0.222. The van der Waals surface area contributed by atoms with Crippen LogP contribution in [0.3, 0.4) is 0 Å². The summed E-state index contributed by atoms with van der Waals surface area (Å²) in [6.07, 6.45) is 0.899. The van der Waals surface area contributed by atoms with Crippen LogP contribution in [0.2, 0.25) is 0 Å². The molecule has 0 fully saturated rings. The number of nitrogens with one attached hydrogen (secondary N) is 2. The average Bonchev–Trinajstić information content (AvgIpc) is 2.88. The van der Waals surface area contributed by atoms with E-state index in [-0.39, 0.29) is 18.9 Å². The van der Waals surface area contributed by atoms with E-state index in [2.05, 4.69) is 31.8 Å². The largest absolute Gasteiger partial charge is 0.493 e. The summed E-state index contributed by atoms with van der Waals surface area (Å²) < 4.78 is 17.1. The van der Waals surface area contributed by atoms with Crippen molar-refractivity contribution in [2.75, 3.05) is 13.7 Å². The molecule has 0 saturated carbocycles. The maximum atomic E-state index is 12.5. The molecule has 3 rings (SSSR count). The van der Waals surface area contributed by atoms with Gasteiger partial charge in [0.25, 0.3) is 0 Å². The van der Waals surface area contributed by atoms with Crippen molar-refractivity contribution in [1.82, 2.24) is 10.7 Å². The van der Waals surface area contributed by atoms with Gasteiger partial charge < -0.3 is 19.5 Å². The van der Waals surface area contributed by atoms with Gasteiger partial charge in [0.05, 0.1) is 36.9 Å². The number of methoxy groups -OCH3 is 1.